The zero-order valence-electron chi connectivity index (χ0n) is 12.9. The van der Waals surface area contributed by atoms with E-state index < -0.39 is 18.0 Å². The van der Waals surface area contributed by atoms with Crippen LogP contribution >= 0.6 is 23.2 Å². The molecule has 0 spiro atoms. The van der Waals surface area contributed by atoms with Gasteiger partial charge >= 0.3 is 5.97 Å². The third-order valence-electron chi connectivity index (χ3n) is 3.17. The Morgan fingerprint density at radius 2 is 1.83 bits per heavy atom. The number of ether oxygens (including phenoxy) is 1. The number of aromatic nitrogens is 1. The SMILES string of the molecule is CC(=O)c1c[nH]c(C(=O)O[C@@H](C)C(=O)Nc2c(Cl)cccc2Cl)c1. The van der Waals surface area contributed by atoms with Crippen molar-refractivity contribution in [2.45, 2.75) is 20.0 Å². The van der Waals surface area contributed by atoms with Crippen molar-refractivity contribution in [1.29, 1.82) is 0 Å². The van der Waals surface area contributed by atoms with Gasteiger partial charge in [-0.25, -0.2) is 4.79 Å². The minimum atomic E-state index is -1.09. The molecule has 1 atom stereocenters. The van der Waals surface area contributed by atoms with Crippen LogP contribution in [0, 0.1) is 0 Å². The molecule has 0 aliphatic rings. The lowest BCUT2D eigenvalue weighted by atomic mass is 10.2. The van der Waals surface area contributed by atoms with E-state index in [1.807, 2.05) is 0 Å². The Morgan fingerprint density at radius 3 is 2.38 bits per heavy atom. The Balaban J connectivity index is 2.03. The lowest BCUT2D eigenvalue weighted by molar-refractivity contribution is -0.123. The predicted octanol–water partition coefficient (Wildman–Crippen LogP) is 3.71. The van der Waals surface area contributed by atoms with E-state index in [0.717, 1.165) is 0 Å². The standard InChI is InChI=1S/C16H14Cl2N2O4/c1-8(21)10-6-13(19-7-10)16(23)24-9(2)15(22)20-14-11(17)4-3-5-12(14)18/h3-7,9,19H,1-2H3,(H,20,22)/t9-/m0/s1. The molecule has 8 heteroatoms. The molecule has 1 amide bonds. The highest BCUT2D eigenvalue weighted by Gasteiger charge is 2.22. The maximum Gasteiger partial charge on any atom is 0.355 e. The summed E-state index contributed by atoms with van der Waals surface area (Å²) in [7, 11) is 0. The van der Waals surface area contributed by atoms with E-state index in [1.54, 1.807) is 18.2 Å². The largest absolute Gasteiger partial charge is 0.448 e. The van der Waals surface area contributed by atoms with Gasteiger partial charge in [0.2, 0.25) is 0 Å². The Labute approximate surface area is 148 Å². The van der Waals surface area contributed by atoms with Crippen molar-refractivity contribution in [3.63, 3.8) is 0 Å². The number of ketones is 1. The van der Waals surface area contributed by atoms with E-state index in [9.17, 15) is 14.4 Å². The molecule has 0 aliphatic heterocycles. The third kappa shape index (κ3) is 4.15. The molecule has 126 valence electrons. The molecule has 2 N–H and O–H groups in total. The second kappa shape index (κ2) is 7.51. The van der Waals surface area contributed by atoms with Crippen LogP contribution in [0.25, 0.3) is 0 Å². The maximum atomic E-state index is 12.1. The quantitative estimate of drug-likeness (QED) is 0.621. The number of hydrogen-bond acceptors (Lipinski definition) is 4. The lowest BCUT2D eigenvalue weighted by Gasteiger charge is -2.14. The predicted molar refractivity (Wildman–Crippen MR) is 90.8 cm³/mol. The number of anilines is 1. The summed E-state index contributed by atoms with van der Waals surface area (Å²) in [5, 5.41) is 3.05. The van der Waals surface area contributed by atoms with Crippen molar-refractivity contribution in [3.8, 4) is 0 Å². The molecule has 0 saturated carbocycles. The molecule has 1 aromatic heterocycles. The van der Waals surface area contributed by atoms with E-state index in [0.29, 0.717) is 5.56 Å². The Morgan fingerprint density at radius 1 is 1.21 bits per heavy atom. The molecular formula is C16H14Cl2N2O4. The molecule has 0 aliphatic carbocycles. The molecule has 2 rings (SSSR count). The third-order valence-corrected chi connectivity index (χ3v) is 3.80. The van der Waals surface area contributed by atoms with Gasteiger partial charge in [0.05, 0.1) is 15.7 Å². The molecule has 0 fully saturated rings. The van der Waals surface area contributed by atoms with Gasteiger partial charge in [0.25, 0.3) is 5.91 Å². The van der Waals surface area contributed by atoms with Gasteiger partial charge in [0.15, 0.2) is 11.9 Å². The van der Waals surface area contributed by atoms with Crippen molar-refractivity contribution in [2.75, 3.05) is 5.32 Å². The topological polar surface area (TPSA) is 88.3 Å². The number of amides is 1. The van der Waals surface area contributed by atoms with Crippen LogP contribution in [0.5, 0.6) is 0 Å². The van der Waals surface area contributed by atoms with Crippen LogP contribution in [-0.2, 0) is 9.53 Å². The number of Topliss-reactive ketones (excluding diaryl/α,β-unsaturated/α-hetero) is 1. The summed E-state index contributed by atoms with van der Waals surface area (Å²) in [5.41, 5.74) is 0.671. The van der Waals surface area contributed by atoms with E-state index in [-0.39, 0.29) is 27.2 Å². The van der Waals surface area contributed by atoms with Crippen LogP contribution in [0.15, 0.2) is 30.5 Å². The van der Waals surface area contributed by atoms with E-state index >= 15 is 0 Å². The fourth-order valence-electron chi connectivity index (χ4n) is 1.84. The van der Waals surface area contributed by atoms with Crippen molar-refractivity contribution in [1.82, 2.24) is 4.98 Å². The lowest BCUT2D eigenvalue weighted by Crippen LogP contribution is -2.30. The summed E-state index contributed by atoms with van der Waals surface area (Å²) in [6, 6.07) is 6.14. The molecule has 0 saturated heterocycles. The molecule has 0 bridgehead atoms. The number of benzene rings is 1. The highest BCUT2D eigenvalue weighted by Crippen LogP contribution is 2.29. The fraction of sp³-hybridized carbons (Fsp3) is 0.188. The van der Waals surface area contributed by atoms with Gasteiger partial charge in [-0.2, -0.15) is 0 Å². The summed E-state index contributed by atoms with van der Waals surface area (Å²) in [5.74, 6) is -1.53. The van der Waals surface area contributed by atoms with Crippen molar-refractivity contribution < 1.29 is 19.1 Å². The van der Waals surface area contributed by atoms with Crippen LogP contribution in [-0.4, -0.2) is 28.7 Å². The van der Waals surface area contributed by atoms with Crippen LogP contribution in [0.4, 0.5) is 5.69 Å². The number of aromatic amines is 1. The Kier molecular flexibility index (Phi) is 5.64. The number of rotatable bonds is 5. The number of esters is 1. The fourth-order valence-corrected chi connectivity index (χ4v) is 2.33. The summed E-state index contributed by atoms with van der Waals surface area (Å²) < 4.78 is 5.06. The van der Waals surface area contributed by atoms with E-state index in [4.69, 9.17) is 27.9 Å². The van der Waals surface area contributed by atoms with Crippen LogP contribution in [0.1, 0.15) is 34.7 Å². The maximum absolute atomic E-state index is 12.1. The van der Waals surface area contributed by atoms with Crippen molar-refractivity contribution in [3.05, 3.63) is 51.8 Å². The minimum Gasteiger partial charge on any atom is -0.448 e. The summed E-state index contributed by atoms with van der Waals surface area (Å²) in [6.45, 7) is 2.79. The zero-order chi connectivity index (χ0) is 17.9. The van der Waals surface area contributed by atoms with Crippen LogP contribution in [0.2, 0.25) is 10.0 Å². The first-order chi connectivity index (χ1) is 11.3. The van der Waals surface area contributed by atoms with Gasteiger partial charge in [-0.3, -0.25) is 9.59 Å². The first kappa shape index (κ1) is 18.0. The molecule has 1 aromatic carbocycles. The average Bonchev–Trinajstić information content (AvgIpc) is 3.01. The molecular weight excluding hydrogens is 355 g/mol. The normalized spacial score (nSPS) is 11.7. The summed E-state index contributed by atoms with van der Waals surface area (Å²) in [6.07, 6.45) is 0.307. The van der Waals surface area contributed by atoms with Crippen LogP contribution in [0.3, 0.4) is 0 Å². The van der Waals surface area contributed by atoms with Gasteiger partial charge in [-0.15, -0.1) is 0 Å². The molecule has 0 unspecified atom stereocenters. The first-order valence-electron chi connectivity index (χ1n) is 6.94. The second-order valence-electron chi connectivity index (χ2n) is 4.99. The second-order valence-corrected chi connectivity index (χ2v) is 5.81. The molecule has 0 radical (unpaired) electrons. The minimum absolute atomic E-state index is 0.0793. The number of carbonyl (C=O) groups is 3. The number of carbonyl (C=O) groups excluding carboxylic acids is 3. The van der Waals surface area contributed by atoms with Gasteiger partial charge in [0, 0.05) is 11.8 Å². The monoisotopic (exact) mass is 368 g/mol. The highest BCUT2D eigenvalue weighted by molar-refractivity contribution is 6.39. The number of H-pyrrole nitrogens is 1. The number of halogens is 2. The van der Waals surface area contributed by atoms with Gasteiger partial charge in [0.1, 0.15) is 5.69 Å². The zero-order valence-corrected chi connectivity index (χ0v) is 14.4. The van der Waals surface area contributed by atoms with E-state index in [1.165, 1.54) is 26.1 Å². The van der Waals surface area contributed by atoms with E-state index in [2.05, 4.69) is 10.3 Å². The molecule has 6 nitrogen and oxygen atoms in total. The van der Waals surface area contributed by atoms with Crippen LogP contribution < -0.4 is 5.32 Å². The summed E-state index contributed by atoms with van der Waals surface area (Å²) in [4.78, 5) is 38.0. The Hall–Kier alpha value is -2.31. The number of para-hydroxylation sites is 1. The number of nitrogens with one attached hydrogen (secondary N) is 2. The first-order valence-corrected chi connectivity index (χ1v) is 7.70. The highest BCUT2D eigenvalue weighted by atomic mass is 35.5. The van der Waals surface area contributed by atoms with Gasteiger partial charge < -0.3 is 15.0 Å². The molecule has 2 aromatic rings. The van der Waals surface area contributed by atoms with Gasteiger partial charge in [-0.05, 0) is 32.0 Å². The smallest absolute Gasteiger partial charge is 0.355 e. The average molecular weight is 369 g/mol. The molecule has 1 heterocycles. The van der Waals surface area contributed by atoms with Crippen molar-refractivity contribution >= 4 is 46.5 Å². The Bertz CT molecular complexity index is 781. The molecule has 24 heavy (non-hydrogen) atoms. The van der Waals surface area contributed by atoms with Crippen molar-refractivity contribution in [2.24, 2.45) is 0 Å². The summed E-state index contributed by atoms with van der Waals surface area (Å²) >= 11 is 11.9. The van der Waals surface area contributed by atoms with Gasteiger partial charge in [-0.1, -0.05) is 29.3 Å². The number of hydrogen-bond donors (Lipinski definition) is 2.